The third-order valence-corrected chi connectivity index (χ3v) is 2.32. The molecule has 0 saturated carbocycles. The first-order valence-corrected chi connectivity index (χ1v) is 4.02. The Balaban J connectivity index is 2.33. The van der Waals surface area contributed by atoms with E-state index in [1.807, 2.05) is 0 Å². The molecule has 2 nitrogen and oxygen atoms in total. The lowest BCUT2D eigenvalue weighted by atomic mass is 9.78. The highest BCUT2D eigenvalue weighted by molar-refractivity contribution is 4.86. The van der Waals surface area contributed by atoms with Gasteiger partial charge in [-0.2, -0.15) is 0 Å². The minimum atomic E-state index is 0.323. The number of hydrogen-bond acceptors (Lipinski definition) is 2. The molecule has 0 radical (unpaired) electrons. The summed E-state index contributed by atoms with van der Waals surface area (Å²) in [6.07, 6.45) is 2.32. The van der Waals surface area contributed by atoms with Crippen LogP contribution in [0.15, 0.2) is 0 Å². The summed E-state index contributed by atoms with van der Waals surface area (Å²) in [4.78, 5) is 0. The molecule has 0 aromatic rings. The maximum atomic E-state index is 5.71. The molecule has 1 heterocycles. The third kappa shape index (κ3) is 1.50. The van der Waals surface area contributed by atoms with Crippen LogP contribution in [-0.4, -0.2) is 19.3 Å². The van der Waals surface area contributed by atoms with Crippen LogP contribution in [0.4, 0.5) is 0 Å². The van der Waals surface area contributed by atoms with Crippen LogP contribution in [0.5, 0.6) is 0 Å². The minimum absolute atomic E-state index is 0.323. The van der Waals surface area contributed by atoms with Crippen LogP contribution < -0.4 is 5.73 Å². The first-order valence-electron chi connectivity index (χ1n) is 4.02. The van der Waals surface area contributed by atoms with E-state index < -0.39 is 0 Å². The molecule has 60 valence electrons. The van der Waals surface area contributed by atoms with Gasteiger partial charge in [0.1, 0.15) is 0 Å². The minimum Gasteiger partial charge on any atom is -0.380 e. The Hall–Kier alpha value is -0.0800. The lowest BCUT2D eigenvalue weighted by molar-refractivity contribution is -0.121. The van der Waals surface area contributed by atoms with Gasteiger partial charge < -0.3 is 10.5 Å². The number of hydrogen-bond donors (Lipinski definition) is 1. The molecule has 2 heteroatoms. The highest BCUT2D eigenvalue weighted by atomic mass is 16.5. The quantitative estimate of drug-likeness (QED) is 0.643. The van der Waals surface area contributed by atoms with Gasteiger partial charge >= 0.3 is 0 Å². The fourth-order valence-electron chi connectivity index (χ4n) is 1.54. The second kappa shape index (κ2) is 2.89. The van der Waals surface area contributed by atoms with Crippen molar-refractivity contribution >= 4 is 0 Å². The van der Waals surface area contributed by atoms with Crippen LogP contribution in [0.3, 0.4) is 0 Å². The zero-order valence-electron chi connectivity index (χ0n) is 6.89. The van der Waals surface area contributed by atoms with Gasteiger partial charge in [0.25, 0.3) is 0 Å². The molecule has 1 saturated heterocycles. The topological polar surface area (TPSA) is 35.2 Å². The summed E-state index contributed by atoms with van der Waals surface area (Å²) in [5.74, 6) is 0. The largest absolute Gasteiger partial charge is 0.380 e. The van der Waals surface area contributed by atoms with Gasteiger partial charge in [-0.15, -0.1) is 0 Å². The molecule has 2 N–H and O–H groups in total. The van der Waals surface area contributed by atoms with E-state index in [0.29, 0.717) is 11.5 Å². The molecule has 1 fully saturated rings. The Morgan fingerprint density at radius 3 is 2.30 bits per heavy atom. The highest BCUT2D eigenvalue weighted by Crippen LogP contribution is 2.35. The van der Waals surface area contributed by atoms with Gasteiger partial charge in [0, 0.05) is 11.5 Å². The SMILES string of the molecule is CCC1(CC(C)N)COC1. The summed E-state index contributed by atoms with van der Waals surface area (Å²) in [7, 11) is 0. The molecule has 0 spiro atoms. The molecule has 1 unspecified atom stereocenters. The molecule has 0 amide bonds. The smallest absolute Gasteiger partial charge is 0.0545 e. The second-order valence-electron chi connectivity index (χ2n) is 3.53. The van der Waals surface area contributed by atoms with E-state index in [9.17, 15) is 0 Å². The van der Waals surface area contributed by atoms with E-state index in [1.165, 1.54) is 6.42 Å². The van der Waals surface area contributed by atoms with Crippen LogP contribution in [-0.2, 0) is 4.74 Å². The summed E-state index contributed by atoms with van der Waals surface area (Å²) in [5, 5.41) is 0. The Kier molecular flexibility index (Phi) is 2.32. The molecule has 1 aliphatic heterocycles. The van der Waals surface area contributed by atoms with Gasteiger partial charge in [0.2, 0.25) is 0 Å². The van der Waals surface area contributed by atoms with E-state index in [1.54, 1.807) is 0 Å². The fraction of sp³-hybridized carbons (Fsp3) is 1.00. The van der Waals surface area contributed by atoms with Gasteiger partial charge in [-0.1, -0.05) is 6.92 Å². The maximum Gasteiger partial charge on any atom is 0.0545 e. The predicted molar refractivity (Wildman–Crippen MR) is 41.8 cm³/mol. The number of nitrogens with two attached hydrogens (primary N) is 1. The van der Waals surface area contributed by atoms with E-state index >= 15 is 0 Å². The Morgan fingerprint density at radius 1 is 1.60 bits per heavy atom. The number of ether oxygens (including phenoxy) is 1. The average Bonchev–Trinajstić information content (AvgIpc) is 1.78. The predicted octanol–water partition coefficient (Wildman–Crippen LogP) is 1.15. The van der Waals surface area contributed by atoms with Crippen LogP contribution >= 0.6 is 0 Å². The average molecular weight is 143 g/mol. The second-order valence-corrected chi connectivity index (χ2v) is 3.53. The van der Waals surface area contributed by atoms with Crippen molar-refractivity contribution in [1.82, 2.24) is 0 Å². The van der Waals surface area contributed by atoms with Crippen molar-refractivity contribution in [1.29, 1.82) is 0 Å². The Morgan fingerprint density at radius 2 is 2.20 bits per heavy atom. The van der Waals surface area contributed by atoms with Crippen molar-refractivity contribution in [3.63, 3.8) is 0 Å². The van der Waals surface area contributed by atoms with Crippen LogP contribution in [0, 0.1) is 5.41 Å². The van der Waals surface area contributed by atoms with Gasteiger partial charge in [-0.05, 0) is 19.8 Å². The Labute approximate surface area is 62.7 Å². The molecule has 0 aromatic heterocycles. The highest BCUT2D eigenvalue weighted by Gasteiger charge is 2.36. The standard InChI is InChI=1S/C8H17NO/c1-3-8(4-7(2)9)5-10-6-8/h7H,3-6,9H2,1-2H3. The molecule has 1 aliphatic rings. The molecular formula is C8H17NO. The molecule has 1 atom stereocenters. The van der Waals surface area contributed by atoms with E-state index in [0.717, 1.165) is 19.6 Å². The normalized spacial score (nSPS) is 25.5. The van der Waals surface area contributed by atoms with Crippen LogP contribution in [0.25, 0.3) is 0 Å². The monoisotopic (exact) mass is 143 g/mol. The fourth-order valence-corrected chi connectivity index (χ4v) is 1.54. The number of rotatable bonds is 3. The van der Waals surface area contributed by atoms with Crippen LogP contribution in [0.1, 0.15) is 26.7 Å². The van der Waals surface area contributed by atoms with Crippen molar-refractivity contribution in [2.45, 2.75) is 32.7 Å². The molecule has 1 rings (SSSR count). The third-order valence-electron chi connectivity index (χ3n) is 2.32. The summed E-state index contributed by atoms with van der Waals surface area (Å²) in [6, 6.07) is 0.323. The van der Waals surface area contributed by atoms with Gasteiger partial charge in [-0.3, -0.25) is 0 Å². The van der Waals surface area contributed by atoms with Crippen molar-refractivity contribution < 1.29 is 4.74 Å². The zero-order valence-corrected chi connectivity index (χ0v) is 6.89. The van der Waals surface area contributed by atoms with Crippen molar-refractivity contribution in [3.05, 3.63) is 0 Å². The summed E-state index contributed by atoms with van der Waals surface area (Å²) >= 11 is 0. The first-order chi connectivity index (χ1) is 4.68. The molecule has 0 aromatic carbocycles. The van der Waals surface area contributed by atoms with Gasteiger partial charge in [0.15, 0.2) is 0 Å². The molecule has 0 aliphatic carbocycles. The first kappa shape index (κ1) is 8.02. The maximum absolute atomic E-state index is 5.71. The van der Waals surface area contributed by atoms with Crippen molar-refractivity contribution in [2.75, 3.05) is 13.2 Å². The van der Waals surface area contributed by atoms with E-state index in [-0.39, 0.29) is 0 Å². The van der Waals surface area contributed by atoms with Crippen LogP contribution in [0.2, 0.25) is 0 Å². The van der Waals surface area contributed by atoms with E-state index in [4.69, 9.17) is 10.5 Å². The van der Waals surface area contributed by atoms with E-state index in [2.05, 4.69) is 13.8 Å². The Bertz CT molecular complexity index is 102. The van der Waals surface area contributed by atoms with Crippen molar-refractivity contribution in [2.24, 2.45) is 11.1 Å². The van der Waals surface area contributed by atoms with Gasteiger partial charge in [-0.25, -0.2) is 0 Å². The van der Waals surface area contributed by atoms with Crippen molar-refractivity contribution in [3.8, 4) is 0 Å². The summed E-state index contributed by atoms with van der Waals surface area (Å²) < 4.78 is 5.17. The lowest BCUT2D eigenvalue weighted by Crippen LogP contribution is -2.45. The molecule has 0 bridgehead atoms. The molecule has 10 heavy (non-hydrogen) atoms. The summed E-state index contributed by atoms with van der Waals surface area (Å²) in [6.45, 7) is 6.12. The molecular weight excluding hydrogens is 126 g/mol. The lowest BCUT2D eigenvalue weighted by Gasteiger charge is -2.42. The zero-order chi connectivity index (χ0) is 7.61. The van der Waals surface area contributed by atoms with Gasteiger partial charge in [0.05, 0.1) is 13.2 Å². The summed E-state index contributed by atoms with van der Waals surface area (Å²) in [5.41, 5.74) is 6.15.